The van der Waals surface area contributed by atoms with Gasteiger partial charge in [0.25, 0.3) is 0 Å². The Hall–Kier alpha value is -4.45. The van der Waals surface area contributed by atoms with E-state index in [9.17, 15) is 18.0 Å². The Bertz CT molecular complexity index is 1500. The number of anilines is 1. The Kier molecular flexibility index (Phi) is 8.68. The van der Waals surface area contributed by atoms with Gasteiger partial charge in [-0.3, -0.25) is 5.32 Å². The van der Waals surface area contributed by atoms with Crippen LogP contribution < -0.4 is 20.7 Å². The number of hydrogen-bond donors (Lipinski definition) is 3. The minimum Gasteiger partial charge on any atom is -0.406 e. The Morgan fingerprint density at radius 1 is 1.07 bits per heavy atom. The van der Waals surface area contributed by atoms with Gasteiger partial charge in [-0.05, 0) is 78.1 Å². The van der Waals surface area contributed by atoms with E-state index in [4.69, 9.17) is 12.2 Å². The molecular weight excluding hydrogens is 541 g/mol. The van der Waals surface area contributed by atoms with E-state index < -0.39 is 12.4 Å². The Morgan fingerprint density at radius 2 is 1.82 bits per heavy atom. The van der Waals surface area contributed by atoms with Gasteiger partial charge in [0.1, 0.15) is 12.1 Å². The maximum absolute atomic E-state index is 12.5. The molecule has 40 heavy (non-hydrogen) atoms. The molecule has 0 unspecified atom stereocenters. The summed E-state index contributed by atoms with van der Waals surface area (Å²) in [5.74, 6) is 0.366. The molecule has 12 heteroatoms. The molecule has 0 radical (unpaired) electrons. The van der Waals surface area contributed by atoms with Crippen LogP contribution in [0, 0.1) is 6.92 Å². The van der Waals surface area contributed by atoms with Crippen LogP contribution in [0.1, 0.15) is 36.5 Å². The summed E-state index contributed by atoms with van der Waals surface area (Å²) in [6, 6.07) is 18.2. The third-order valence-corrected chi connectivity index (χ3v) is 5.98. The van der Waals surface area contributed by atoms with Gasteiger partial charge in [-0.25, -0.2) is 14.5 Å². The molecule has 1 heterocycles. The fourth-order valence-corrected chi connectivity index (χ4v) is 4.11. The van der Waals surface area contributed by atoms with Crippen molar-refractivity contribution in [1.82, 2.24) is 25.4 Å². The number of carbonyl (C=O) groups excluding carboxylic acids is 1. The van der Waals surface area contributed by atoms with Gasteiger partial charge < -0.3 is 15.4 Å². The summed E-state index contributed by atoms with van der Waals surface area (Å²) in [5.41, 5.74) is 5.04. The molecule has 0 fully saturated rings. The molecule has 3 N–H and O–H groups in total. The van der Waals surface area contributed by atoms with E-state index in [0.29, 0.717) is 17.1 Å². The summed E-state index contributed by atoms with van der Waals surface area (Å²) in [6.45, 7) is 6.38. The van der Waals surface area contributed by atoms with E-state index in [1.807, 2.05) is 49.4 Å². The van der Waals surface area contributed by atoms with E-state index >= 15 is 0 Å². The zero-order valence-corrected chi connectivity index (χ0v) is 22.7. The van der Waals surface area contributed by atoms with Crippen LogP contribution in [0.15, 0.2) is 73.1 Å². The fraction of sp³-hybridized carbons (Fsp3) is 0.214. The maximum Gasteiger partial charge on any atom is 0.573 e. The molecule has 3 aromatic carbocycles. The van der Waals surface area contributed by atoms with Crippen LogP contribution in [0.3, 0.4) is 0 Å². The van der Waals surface area contributed by atoms with Crippen molar-refractivity contribution >= 4 is 29.0 Å². The van der Waals surface area contributed by atoms with Gasteiger partial charge in [-0.2, -0.15) is 0 Å². The molecule has 4 rings (SSSR count). The smallest absolute Gasteiger partial charge is 0.406 e. The van der Waals surface area contributed by atoms with Crippen LogP contribution in [0.4, 0.5) is 23.7 Å². The third kappa shape index (κ3) is 7.79. The van der Waals surface area contributed by atoms with Gasteiger partial charge >= 0.3 is 12.4 Å². The first-order valence-corrected chi connectivity index (χ1v) is 12.7. The number of alkyl halides is 3. The molecule has 0 aliphatic heterocycles. The number of aryl methyl sites for hydroxylation is 1. The van der Waals surface area contributed by atoms with Gasteiger partial charge in [0.05, 0.1) is 5.69 Å². The molecule has 0 atom stereocenters. The summed E-state index contributed by atoms with van der Waals surface area (Å²) in [5, 5.41) is 13.1. The van der Waals surface area contributed by atoms with Gasteiger partial charge in [-0.1, -0.05) is 44.2 Å². The first-order chi connectivity index (χ1) is 19.0. The second-order valence-corrected chi connectivity index (χ2v) is 9.67. The van der Waals surface area contributed by atoms with Crippen molar-refractivity contribution in [3.8, 4) is 22.8 Å². The third-order valence-electron chi connectivity index (χ3n) is 5.77. The standard InChI is InChI=1S/C28H27F3N6O2S/c1-17(2)23-12-7-18(3)13-24(23)34-27(40)35-26(38)32-15-19-5-4-6-20(14-19)25-33-16-37(36-25)21-8-10-22(11-9-21)39-28(29,30)31/h4-14,16-17H,15H2,1-3H3,(H3,32,34,35,38,40). The number of ether oxygens (including phenoxy) is 1. The van der Waals surface area contributed by atoms with Crippen LogP contribution in [-0.4, -0.2) is 32.3 Å². The quantitative estimate of drug-likeness (QED) is 0.222. The average molecular weight is 569 g/mol. The summed E-state index contributed by atoms with van der Waals surface area (Å²) < 4.78 is 42.5. The monoisotopic (exact) mass is 568 g/mol. The molecule has 0 aliphatic rings. The number of carbonyl (C=O) groups is 1. The van der Waals surface area contributed by atoms with E-state index in [1.165, 1.54) is 35.3 Å². The number of aromatic nitrogens is 3. The van der Waals surface area contributed by atoms with Gasteiger partial charge in [0.2, 0.25) is 0 Å². The highest BCUT2D eigenvalue weighted by atomic mass is 32.1. The van der Waals surface area contributed by atoms with E-state index in [0.717, 1.165) is 22.4 Å². The van der Waals surface area contributed by atoms with Crippen molar-refractivity contribution in [2.45, 2.75) is 39.6 Å². The number of hydrogen-bond acceptors (Lipinski definition) is 5. The number of thiocarbonyl (C=S) groups is 1. The minimum absolute atomic E-state index is 0.187. The Morgan fingerprint density at radius 3 is 2.52 bits per heavy atom. The predicted octanol–water partition coefficient (Wildman–Crippen LogP) is 6.46. The molecule has 0 aliphatic carbocycles. The molecular formula is C28H27F3N6O2S. The van der Waals surface area contributed by atoms with Crippen molar-refractivity contribution < 1.29 is 22.7 Å². The van der Waals surface area contributed by atoms with E-state index in [1.54, 1.807) is 0 Å². The summed E-state index contributed by atoms with van der Waals surface area (Å²) in [6.07, 6.45) is -3.30. The lowest BCUT2D eigenvalue weighted by Gasteiger charge is -2.16. The molecule has 2 amide bonds. The van der Waals surface area contributed by atoms with Crippen LogP contribution in [-0.2, 0) is 6.54 Å². The molecule has 8 nitrogen and oxygen atoms in total. The molecule has 4 aromatic rings. The summed E-state index contributed by atoms with van der Waals surface area (Å²) in [7, 11) is 0. The number of benzene rings is 3. The lowest BCUT2D eigenvalue weighted by atomic mass is 9.99. The highest BCUT2D eigenvalue weighted by molar-refractivity contribution is 7.80. The van der Waals surface area contributed by atoms with Crippen molar-refractivity contribution in [1.29, 1.82) is 0 Å². The molecule has 0 bridgehead atoms. The van der Waals surface area contributed by atoms with Crippen LogP contribution >= 0.6 is 12.2 Å². The van der Waals surface area contributed by atoms with E-state index in [-0.39, 0.29) is 23.3 Å². The Balaban J connectivity index is 1.34. The van der Waals surface area contributed by atoms with Gasteiger partial charge in [0, 0.05) is 17.8 Å². The summed E-state index contributed by atoms with van der Waals surface area (Å²) >= 11 is 5.33. The number of halogens is 3. The molecule has 1 aromatic heterocycles. The lowest BCUT2D eigenvalue weighted by molar-refractivity contribution is -0.274. The zero-order valence-electron chi connectivity index (χ0n) is 21.9. The second-order valence-electron chi connectivity index (χ2n) is 9.26. The number of nitrogens with one attached hydrogen (secondary N) is 3. The van der Waals surface area contributed by atoms with Crippen molar-refractivity contribution in [2.75, 3.05) is 5.32 Å². The SMILES string of the molecule is Cc1ccc(C(C)C)c(NC(=S)NC(=O)NCc2cccc(-c3ncn(-c4ccc(OC(F)(F)F)cc4)n3)c2)c1. The van der Waals surface area contributed by atoms with Gasteiger partial charge in [0.15, 0.2) is 10.9 Å². The average Bonchev–Trinajstić information content (AvgIpc) is 3.37. The van der Waals surface area contributed by atoms with Crippen LogP contribution in [0.25, 0.3) is 17.1 Å². The fourth-order valence-electron chi connectivity index (χ4n) is 3.91. The van der Waals surface area contributed by atoms with Crippen LogP contribution in [0.2, 0.25) is 0 Å². The molecule has 0 saturated heterocycles. The number of urea groups is 1. The topological polar surface area (TPSA) is 93.1 Å². The normalized spacial score (nSPS) is 11.3. The van der Waals surface area contributed by atoms with E-state index in [2.05, 4.69) is 44.6 Å². The largest absolute Gasteiger partial charge is 0.573 e. The first-order valence-electron chi connectivity index (χ1n) is 12.3. The number of nitrogens with zero attached hydrogens (tertiary/aromatic N) is 3. The van der Waals surface area contributed by atoms with Crippen molar-refractivity contribution in [3.63, 3.8) is 0 Å². The number of rotatable bonds is 7. The summed E-state index contributed by atoms with van der Waals surface area (Å²) in [4.78, 5) is 16.8. The van der Waals surface area contributed by atoms with Crippen molar-refractivity contribution in [3.05, 3.63) is 89.7 Å². The lowest BCUT2D eigenvalue weighted by Crippen LogP contribution is -2.41. The highest BCUT2D eigenvalue weighted by Crippen LogP contribution is 2.26. The molecule has 0 saturated carbocycles. The zero-order chi connectivity index (χ0) is 28.9. The minimum atomic E-state index is -4.76. The first kappa shape index (κ1) is 28.6. The van der Waals surface area contributed by atoms with Crippen LogP contribution in [0.5, 0.6) is 5.75 Å². The van der Waals surface area contributed by atoms with Crippen molar-refractivity contribution in [2.24, 2.45) is 0 Å². The predicted molar refractivity (Wildman–Crippen MR) is 150 cm³/mol. The maximum atomic E-state index is 12.5. The molecule has 208 valence electrons. The molecule has 0 spiro atoms. The second kappa shape index (κ2) is 12.2. The Labute approximate surface area is 234 Å². The highest BCUT2D eigenvalue weighted by Gasteiger charge is 2.31. The number of amides is 2. The van der Waals surface area contributed by atoms with Gasteiger partial charge in [-0.15, -0.1) is 18.3 Å².